The van der Waals surface area contributed by atoms with Gasteiger partial charge in [-0.15, -0.1) is 0 Å². The number of H-pyrrole nitrogens is 1. The average Bonchev–Trinajstić information content (AvgIpc) is 2.19. The first-order valence-electron chi connectivity index (χ1n) is 3.86. The van der Waals surface area contributed by atoms with Crippen LogP contribution in [-0.2, 0) is 0 Å². The van der Waals surface area contributed by atoms with Gasteiger partial charge in [0.05, 0.1) is 15.4 Å². The molecule has 0 fully saturated rings. The zero-order valence-electron chi connectivity index (χ0n) is 7.07. The van der Waals surface area contributed by atoms with Crippen molar-refractivity contribution < 1.29 is 8.78 Å². The minimum Gasteiger partial charge on any atom is -0.357 e. The summed E-state index contributed by atoms with van der Waals surface area (Å²) in [5, 5.41) is -0.242. The normalized spacial score (nSPS) is 10.9. The number of aromatic amines is 1. The molecule has 0 aliphatic rings. The Morgan fingerprint density at radius 1 is 1.33 bits per heavy atom. The van der Waals surface area contributed by atoms with Crippen molar-refractivity contribution in [2.24, 2.45) is 0 Å². The van der Waals surface area contributed by atoms with Crippen LogP contribution < -0.4 is 5.43 Å². The summed E-state index contributed by atoms with van der Waals surface area (Å²) in [7, 11) is 0. The van der Waals surface area contributed by atoms with Crippen molar-refractivity contribution in [1.82, 2.24) is 4.98 Å². The molecule has 0 radical (unpaired) electrons. The van der Waals surface area contributed by atoms with Gasteiger partial charge in [0.15, 0.2) is 0 Å². The first-order valence-corrected chi connectivity index (χ1v) is 5.04. The van der Waals surface area contributed by atoms with E-state index in [0.717, 1.165) is 0 Å². The van der Waals surface area contributed by atoms with E-state index < -0.39 is 17.1 Å². The van der Waals surface area contributed by atoms with Crippen LogP contribution in [0.4, 0.5) is 8.78 Å². The van der Waals surface area contributed by atoms with E-state index in [9.17, 15) is 13.6 Å². The molecule has 0 spiro atoms. The Kier molecular flexibility index (Phi) is 2.52. The molecule has 0 saturated carbocycles. The van der Waals surface area contributed by atoms with Crippen molar-refractivity contribution in [3.63, 3.8) is 0 Å². The Morgan fingerprint density at radius 3 is 2.67 bits per heavy atom. The fraction of sp³-hybridized carbons (Fsp3) is 0. The predicted octanol–water partition coefficient (Wildman–Crippen LogP) is 3.22. The number of aromatic nitrogens is 1. The van der Waals surface area contributed by atoms with Crippen LogP contribution in [-0.4, -0.2) is 4.98 Å². The van der Waals surface area contributed by atoms with Crippen LogP contribution in [0.3, 0.4) is 0 Å². The summed E-state index contributed by atoms with van der Waals surface area (Å²) in [5.74, 6) is -1.67. The smallest absolute Gasteiger partial charge is 0.209 e. The van der Waals surface area contributed by atoms with Gasteiger partial charge in [-0.1, -0.05) is 11.6 Å². The lowest BCUT2D eigenvalue weighted by Crippen LogP contribution is -2.06. The highest BCUT2D eigenvalue weighted by atomic mass is 79.9. The molecule has 2 nitrogen and oxygen atoms in total. The van der Waals surface area contributed by atoms with Crippen LogP contribution in [0.1, 0.15) is 0 Å². The van der Waals surface area contributed by atoms with Crippen molar-refractivity contribution >= 4 is 38.4 Å². The number of fused-ring (bicyclic) bond motifs is 1. The van der Waals surface area contributed by atoms with Crippen LogP contribution in [0.15, 0.2) is 21.5 Å². The molecular weight excluding hydrogens is 291 g/mol. The Hall–Kier alpha value is -0.940. The van der Waals surface area contributed by atoms with Gasteiger partial charge < -0.3 is 4.98 Å². The van der Waals surface area contributed by atoms with Gasteiger partial charge in [0.2, 0.25) is 5.43 Å². The van der Waals surface area contributed by atoms with Gasteiger partial charge in [-0.05, 0) is 15.9 Å². The molecule has 1 aromatic carbocycles. The van der Waals surface area contributed by atoms with E-state index in [1.807, 2.05) is 0 Å². The van der Waals surface area contributed by atoms with E-state index in [0.29, 0.717) is 6.07 Å². The second-order valence-corrected chi connectivity index (χ2v) is 4.07. The summed E-state index contributed by atoms with van der Waals surface area (Å²) in [6.07, 6.45) is 1.17. The van der Waals surface area contributed by atoms with Gasteiger partial charge in [-0.2, -0.15) is 0 Å². The number of rotatable bonds is 0. The second kappa shape index (κ2) is 3.57. The van der Waals surface area contributed by atoms with Gasteiger partial charge in [0.1, 0.15) is 16.7 Å². The third-order valence-electron chi connectivity index (χ3n) is 1.96. The van der Waals surface area contributed by atoms with Crippen LogP contribution >= 0.6 is 27.5 Å². The molecule has 1 aromatic heterocycles. The van der Waals surface area contributed by atoms with Crippen LogP contribution in [0.5, 0.6) is 0 Å². The van der Waals surface area contributed by atoms with Gasteiger partial charge >= 0.3 is 0 Å². The topological polar surface area (TPSA) is 32.9 Å². The van der Waals surface area contributed by atoms with E-state index in [1.54, 1.807) is 0 Å². The SMILES string of the molecule is O=c1c(Cl)c[nH]c2c(F)cc(F)c(Br)c12. The van der Waals surface area contributed by atoms with E-state index >= 15 is 0 Å². The molecule has 78 valence electrons. The maximum absolute atomic E-state index is 13.3. The molecule has 2 rings (SSSR count). The predicted molar refractivity (Wildman–Crippen MR) is 57.2 cm³/mol. The maximum Gasteiger partial charge on any atom is 0.209 e. The van der Waals surface area contributed by atoms with E-state index in [-0.39, 0.29) is 20.4 Å². The highest BCUT2D eigenvalue weighted by Gasteiger charge is 2.14. The van der Waals surface area contributed by atoms with Crippen molar-refractivity contribution in [3.05, 3.63) is 43.6 Å². The summed E-state index contributed by atoms with van der Waals surface area (Å²) in [6, 6.07) is 0.691. The third kappa shape index (κ3) is 1.55. The molecule has 2 aromatic rings. The monoisotopic (exact) mass is 293 g/mol. The number of halogens is 4. The molecule has 0 unspecified atom stereocenters. The van der Waals surface area contributed by atoms with Crippen LogP contribution in [0, 0.1) is 11.6 Å². The summed E-state index contributed by atoms with van der Waals surface area (Å²) in [6.45, 7) is 0. The Labute approximate surface area is 96.0 Å². The summed E-state index contributed by atoms with van der Waals surface area (Å²) >= 11 is 8.43. The molecule has 0 aliphatic carbocycles. The lowest BCUT2D eigenvalue weighted by molar-refractivity contribution is 0.586. The minimum atomic E-state index is -0.840. The highest BCUT2D eigenvalue weighted by molar-refractivity contribution is 9.10. The van der Waals surface area contributed by atoms with Crippen molar-refractivity contribution in [2.75, 3.05) is 0 Å². The molecule has 6 heteroatoms. The number of nitrogens with one attached hydrogen (secondary N) is 1. The zero-order chi connectivity index (χ0) is 11.2. The van der Waals surface area contributed by atoms with Gasteiger partial charge in [-0.3, -0.25) is 4.79 Å². The molecule has 0 saturated heterocycles. The number of benzene rings is 1. The molecule has 0 bridgehead atoms. The van der Waals surface area contributed by atoms with Crippen molar-refractivity contribution in [2.45, 2.75) is 0 Å². The molecule has 0 aliphatic heterocycles. The minimum absolute atomic E-state index is 0.0716. The first kappa shape index (κ1) is 10.6. The Balaban J connectivity index is 3.12. The zero-order valence-corrected chi connectivity index (χ0v) is 9.42. The lowest BCUT2D eigenvalue weighted by Gasteiger charge is -2.03. The first-order chi connectivity index (χ1) is 7.02. The van der Waals surface area contributed by atoms with Crippen molar-refractivity contribution in [1.29, 1.82) is 0 Å². The molecule has 0 atom stereocenters. The van der Waals surface area contributed by atoms with Crippen molar-refractivity contribution in [3.8, 4) is 0 Å². The van der Waals surface area contributed by atoms with Gasteiger partial charge in [0, 0.05) is 12.3 Å². The Bertz CT molecular complexity index is 611. The van der Waals surface area contributed by atoms with E-state index in [2.05, 4.69) is 20.9 Å². The lowest BCUT2D eigenvalue weighted by atomic mass is 10.2. The van der Waals surface area contributed by atoms with Crippen LogP contribution in [0.25, 0.3) is 10.9 Å². The molecular formula is C9H3BrClF2NO. The second-order valence-electron chi connectivity index (χ2n) is 2.87. The molecule has 0 amide bonds. The number of hydrogen-bond donors (Lipinski definition) is 1. The largest absolute Gasteiger partial charge is 0.357 e. The van der Waals surface area contributed by atoms with E-state index in [1.165, 1.54) is 6.20 Å². The van der Waals surface area contributed by atoms with Gasteiger partial charge in [-0.25, -0.2) is 8.78 Å². The average molecular weight is 294 g/mol. The fourth-order valence-electron chi connectivity index (χ4n) is 1.27. The van der Waals surface area contributed by atoms with Crippen LogP contribution in [0.2, 0.25) is 5.02 Å². The highest BCUT2D eigenvalue weighted by Crippen LogP contribution is 2.26. The third-order valence-corrected chi connectivity index (χ3v) is 3.01. The summed E-state index contributed by atoms with van der Waals surface area (Å²) in [4.78, 5) is 14.0. The Morgan fingerprint density at radius 2 is 2.00 bits per heavy atom. The summed E-state index contributed by atoms with van der Waals surface area (Å²) in [5.41, 5.74) is -0.687. The number of pyridine rings is 1. The maximum atomic E-state index is 13.3. The molecule has 15 heavy (non-hydrogen) atoms. The van der Waals surface area contributed by atoms with E-state index in [4.69, 9.17) is 11.6 Å². The van der Waals surface area contributed by atoms with Gasteiger partial charge in [0.25, 0.3) is 0 Å². The number of hydrogen-bond acceptors (Lipinski definition) is 1. The fourth-order valence-corrected chi connectivity index (χ4v) is 1.91. The molecule has 1 N–H and O–H groups in total. The quantitative estimate of drug-likeness (QED) is 0.744. The molecule has 1 heterocycles. The standard InChI is InChI=1S/C9H3BrClF2NO/c10-7-4(12)1-5(13)8-6(7)9(15)3(11)2-14-8/h1-2H,(H,14,15). The summed E-state index contributed by atoms with van der Waals surface area (Å²) < 4.78 is 26.3.